The van der Waals surface area contributed by atoms with E-state index >= 15 is 0 Å². The number of aromatic nitrogens is 1. The number of rotatable bonds is 2. The van der Waals surface area contributed by atoms with Crippen molar-refractivity contribution in [3.63, 3.8) is 0 Å². The van der Waals surface area contributed by atoms with Crippen molar-refractivity contribution >= 4 is 17.7 Å². The second-order valence-electron chi connectivity index (χ2n) is 5.99. The number of carbonyl (C=O) groups is 3. The summed E-state index contributed by atoms with van der Waals surface area (Å²) in [6.07, 6.45) is 2.36. The van der Waals surface area contributed by atoms with Crippen molar-refractivity contribution in [1.82, 2.24) is 15.2 Å². The number of piperidine rings is 1. The van der Waals surface area contributed by atoms with E-state index in [-0.39, 0.29) is 18.2 Å². The van der Waals surface area contributed by atoms with E-state index in [1.807, 2.05) is 30.3 Å². The average molecular weight is 321 g/mol. The highest BCUT2D eigenvalue weighted by Crippen LogP contribution is 2.30. The molecule has 3 heterocycles. The van der Waals surface area contributed by atoms with Gasteiger partial charge in [0.05, 0.1) is 5.69 Å². The van der Waals surface area contributed by atoms with Crippen LogP contribution in [0.1, 0.15) is 28.8 Å². The molecule has 2 aromatic rings. The van der Waals surface area contributed by atoms with Gasteiger partial charge in [0.1, 0.15) is 6.04 Å². The Morgan fingerprint density at radius 1 is 1.12 bits per heavy atom. The molecule has 0 bridgehead atoms. The lowest BCUT2D eigenvalue weighted by Crippen LogP contribution is -2.52. The van der Waals surface area contributed by atoms with Crippen LogP contribution in [0.4, 0.5) is 0 Å². The van der Waals surface area contributed by atoms with Crippen molar-refractivity contribution in [2.75, 3.05) is 0 Å². The van der Waals surface area contributed by atoms with Gasteiger partial charge in [-0.05, 0) is 36.2 Å². The highest BCUT2D eigenvalue weighted by Gasteiger charge is 2.39. The van der Waals surface area contributed by atoms with Crippen molar-refractivity contribution in [3.8, 4) is 11.3 Å². The van der Waals surface area contributed by atoms with Crippen LogP contribution in [-0.2, 0) is 16.1 Å². The van der Waals surface area contributed by atoms with Gasteiger partial charge in [0.2, 0.25) is 11.8 Å². The van der Waals surface area contributed by atoms with Crippen LogP contribution in [0.3, 0.4) is 0 Å². The summed E-state index contributed by atoms with van der Waals surface area (Å²) >= 11 is 0. The van der Waals surface area contributed by atoms with Crippen LogP contribution in [0, 0.1) is 0 Å². The van der Waals surface area contributed by atoms with Crippen molar-refractivity contribution in [2.24, 2.45) is 0 Å². The smallest absolute Gasteiger partial charge is 0.255 e. The predicted molar refractivity (Wildman–Crippen MR) is 85.7 cm³/mol. The van der Waals surface area contributed by atoms with Gasteiger partial charge in [-0.2, -0.15) is 0 Å². The molecule has 2 aliphatic heterocycles. The third-order valence-corrected chi connectivity index (χ3v) is 4.48. The van der Waals surface area contributed by atoms with Gasteiger partial charge in [0.25, 0.3) is 5.91 Å². The molecule has 24 heavy (non-hydrogen) atoms. The molecular weight excluding hydrogens is 306 g/mol. The molecule has 2 aliphatic rings. The summed E-state index contributed by atoms with van der Waals surface area (Å²) in [6, 6.07) is 10.7. The van der Waals surface area contributed by atoms with Crippen molar-refractivity contribution in [3.05, 3.63) is 53.7 Å². The third-order valence-electron chi connectivity index (χ3n) is 4.48. The van der Waals surface area contributed by atoms with E-state index in [1.165, 1.54) is 0 Å². The lowest BCUT2D eigenvalue weighted by Gasteiger charge is -2.29. The summed E-state index contributed by atoms with van der Waals surface area (Å²) in [4.78, 5) is 41.8. The maximum absolute atomic E-state index is 12.6. The molecule has 1 atom stereocenters. The Hall–Kier alpha value is -3.02. The van der Waals surface area contributed by atoms with Gasteiger partial charge in [0.15, 0.2) is 0 Å². The lowest BCUT2D eigenvalue weighted by molar-refractivity contribution is -0.136. The van der Waals surface area contributed by atoms with E-state index in [9.17, 15) is 14.4 Å². The normalized spacial score (nSPS) is 20.1. The van der Waals surface area contributed by atoms with E-state index < -0.39 is 11.9 Å². The second kappa shape index (κ2) is 5.56. The third kappa shape index (κ3) is 2.36. The summed E-state index contributed by atoms with van der Waals surface area (Å²) in [7, 11) is 0. The minimum absolute atomic E-state index is 0.160. The fourth-order valence-electron chi connectivity index (χ4n) is 3.27. The minimum atomic E-state index is -0.582. The van der Waals surface area contributed by atoms with E-state index in [2.05, 4.69) is 10.3 Å². The van der Waals surface area contributed by atoms with E-state index in [0.29, 0.717) is 18.5 Å². The lowest BCUT2D eigenvalue weighted by atomic mass is 10.0. The number of nitrogens with one attached hydrogen (secondary N) is 1. The number of benzene rings is 1. The molecule has 120 valence electrons. The fraction of sp³-hybridized carbons (Fsp3) is 0.222. The van der Waals surface area contributed by atoms with E-state index in [1.54, 1.807) is 17.2 Å². The minimum Gasteiger partial charge on any atom is -0.322 e. The van der Waals surface area contributed by atoms with Crippen LogP contribution in [0.5, 0.6) is 0 Å². The van der Waals surface area contributed by atoms with Crippen LogP contribution < -0.4 is 5.32 Å². The van der Waals surface area contributed by atoms with Crippen molar-refractivity contribution < 1.29 is 14.4 Å². The number of hydrogen-bond donors (Lipinski definition) is 1. The molecule has 3 amide bonds. The molecule has 1 aromatic carbocycles. The Labute approximate surface area is 138 Å². The van der Waals surface area contributed by atoms with Crippen molar-refractivity contribution in [2.45, 2.75) is 25.4 Å². The Morgan fingerprint density at radius 3 is 2.75 bits per heavy atom. The molecule has 4 rings (SSSR count). The highest BCUT2D eigenvalue weighted by atomic mass is 16.2. The number of fused-ring (bicyclic) bond motifs is 1. The predicted octanol–water partition coefficient (Wildman–Crippen LogP) is 1.51. The largest absolute Gasteiger partial charge is 0.322 e. The van der Waals surface area contributed by atoms with E-state index in [4.69, 9.17) is 0 Å². The number of carbonyl (C=O) groups excluding carboxylic acids is 3. The first-order chi connectivity index (χ1) is 11.6. The summed E-state index contributed by atoms with van der Waals surface area (Å²) in [6.45, 7) is 0.376. The van der Waals surface area contributed by atoms with Crippen molar-refractivity contribution in [1.29, 1.82) is 0 Å². The zero-order valence-corrected chi connectivity index (χ0v) is 12.9. The number of pyridine rings is 1. The van der Waals surface area contributed by atoms with Gasteiger partial charge in [0, 0.05) is 30.3 Å². The van der Waals surface area contributed by atoms with Gasteiger partial charge in [-0.1, -0.05) is 12.1 Å². The fourth-order valence-corrected chi connectivity index (χ4v) is 3.27. The van der Waals surface area contributed by atoms with Gasteiger partial charge in [-0.3, -0.25) is 24.7 Å². The molecule has 1 saturated heterocycles. The number of amides is 3. The zero-order chi connectivity index (χ0) is 16.7. The summed E-state index contributed by atoms with van der Waals surface area (Å²) in [5.74, 6) is -0.831. The first-order valence-electron chi connectivity index (χ1n) is 7.82. The Bertz CT molecular complexity index is 848. The van der Waals surface area contributed by atoms with Crippen LogP contribution in [-0.4, -0.2) is 33.6 Å². The maximum Gasteiger partial charge on any atom is 0.255 e. The highest BCUT2D eigenvalue weighted by molar-refractivity contribution is 6.05. The molecule has 0 aliphatic carbocycles. The number of nitrogens with zero attached hydrogens (tertiary/aromatic N) is 2. The van der Waals surface area contributed by atoms with Gasteiger partial charge < -0.3 is 4.90 Å². The maximum atomic E-state index is 12.6. The second-order valence-corrected chi connectivity index (χ2v) is 5.99. The summed E-state index contributed by atoms with van der Waals surface area (Å²) in [5.41, 5.74) is 3.27. The quantitative estimate of drug-likeness (QED) is 0.850. The molecule has 0 saturated carbocycles. The average Bonchev–Trinajstić information content (AvgIpc) is 2.92. The first kappa shape index (κ1) is 14.6. The molecule has 1 aromatic heterocycles. The van der Waals surface area contributed by atoms with Crippen LogP contribution in [0.2, 0.25) is 0 Å². The van der Waals surface area contributed by atoms with E-state index in [0.717, 1.165) is 16.8 Å². The Balaban J connectivity index is 1.63. The molecule has 1 unspecified atom stereocenters. The Morgan fingerprint density at radius 2 is 2.00 bits per heavy atom. The van der Waals surface area contributed by atoms with Crippen LogP contribution in [0.15, 0.2) is 42.6 Å². The standard InChI is InChI=1S/C18H15N3O3/c22-16-7-6-15(17(23)20-16)21-10-12-9-11(4-5-13(12)18(21)24)14-3-1-2-8-19-14/h1-5,8-9,15H,6-7,10H2,(H,20,22,23). The zero-order valence-electron chi connectivity index (χ0n) is 12.9. The molecule has 6 nitrogen and oxygen atoms in total. The summed E-state index contributed by atoms with van der Waals surface area (Å²) in [5, 5.41) is 2.31. The molecule has 6 heteroatoms. The van der Waals surface area contributed by atoms with Crippen LogP contribution >= 0.6 is 0 Å². The van der Waals surface area contributed by atoms with Gasteiger partial charge in [-0.25, -0.2) is 0 Å². The topological polar surface area (TPSA) is 79.4 Å². The first-order valence-corrected chi connectivity index (χ1v) is 7.82. The monoisotopic (exact) mass is 321 g/mol. The summed E-state index contributed by atoms with van der Waals surface area (Å²) < 4.78 is 0. The van der Waals surface area contributed by atoms with Crippen LogP contribution in [0.25, 0.3) is 11.3 Å². The number of imide groups is 1. The molecule has 0 spiro atoms. The molecule has 1 N–H and O–H groups in total. The molecular formula is C18H15N3O3. The SMILES string of the molecule is O=C1CCC(N2Cc3cc(-c4ccccn4)ccc3C2=O)C(=O)N1. The van der Waals surface area contributed by atoms with Gasteiger partial charge >= 0.3 is 0 Å². The molecule has 1 fully saturated rings. The van der Waals surface area contributed by atoms with Gasteiger partial charge in [-0.15, -0.1) is 0 Å². The number of hydrogen-bond acceptors (Lipinski definition) is 4. The molecule has 0 radical (unpaired) electrons. The Kier molecular flexibility index (Phi) is 3.37.